The number of nitrogens with zero attached hydrogens (tertiary/aromatic N) is 1. The standard InChI is InChI=1S/C13H17BrFNO2/c1-9(13(17)18-3)7-16(2)8-10-4-11(14)6-12(15)5-10/h4-6,9H,7-8H2,1-3H3. The van der Waals surface area contributed by atoms with E-state index in [0.717, 1.165) is 5.56 Å². The number of benzene rings is 1. The summed E-state index contributed by atoms with van der Waals surface area (Å²) in [5.41, 5.74) is 0.862. The molecule has 0 fully saturated rings. The second-order valence-corrected chi connectivity index (χ2v) is 5.31. The molecule has 0 N–H and O–H groups in total. The van der Waals surface area contributed by atoms with Gasteiger partial charge in [0.05, 0.1) is 13.0 Å². The van der Waals surface area contributed by atoms with Crippen molar-refractivity contribution in [2.45, 2.75) is 13.5 Å². The zero-order valence-electron chi connectivity index (χ0n) is 10.7. The van der Waals surface area contributed by atoms with Crippen molar-refractivity contribution in [3.05, 3.63) is 34.1 Å². The van der Waals surface area contributed by atoms with Gasteiger partial charge in [-0.05, 0) is 30.8 Å². The lowest BCUT2D eigenvalue weighted by Gasteiger charge is -2.20. The molecule has 0 aliphatic heterocycles. The number of halogens is 2. The molecule has 5 heteroatoms. The van der Waals surface area contributed by atoms with Gasteiger partial charge >= 0.3 is 5.97 Å². The first-order chi connectivity index (χ1) is 8.42. The average molecular weight is 318 g/mol. The summed E-state index contributed by atoms with van der Waals surface area (Å²) in [4.78, 5) is 13.3. The molecule has 1 unspecified atom stereocenters. The molecule has 3 nitrogen and oxygen atoms in total. The van der Waals surface area contributed by atoms with E-state index >= 15 is 0 Å². The fraction of sp³-hybridized carbons (Fsp3) is 0.462. The SMILES string of the molecule is COC(=O)C(C)CN(C)Cc1cc(F)cc(Br)c1. The maximum Gasteiger partial charge on any atom is 0.309 e. The van der Waals surface area contributed by atoms with Crippen molar-refractivity contribution in [2.75, 3.05) is 20.7 Å². The number of carbonyl (C=O) groups is 1. The number of esters is 1. The lowest BCUT2D eigenvalue weighted by Crippen LogP contribution is -2.29. The molecule has 0 radical (unpaired) electrons. The first kappa shape index (κ1) is 15.1. The third kappa shape index (κ3) is 4.74. The summed E-state index contributed by atoms with van der Waals surface area (Å²) in [6.45, 7) is 2.96. The highest BCUT2D eigenvalue weighted by molar-refractivity contribution is 9.10. The van der Waals surface area contributed by atoms with Gasteiger partial charge < -0.3 is 9.64 Å². The number of rotatable bonds is 5. The van der Waals surface area contributed by atoms with Crippen LogP contribution in [0.25, 0.3) is 0 Å². The summed E-state index contributed by atoms with van der Waals surface area (Å²) >= 11 is 3.26. The lowest BCUT2D eigenvalue weighted by molar-refractivity contribution is -0.145. The maximum atomic E-state index is 13.2. The van der Waals surface area contributed by atoms with E-state index in [1.807, 2.05) is 24.9 Å². The van der Waals surface area contributed by atoms with Gasteiger partial charge in [-0.1, -0.05) is 22.9 Å². The predicted molar refractivity (Wildman–Crippen MR) is 71.6 cm³/mol. The molecule has 1 aromatic carbocycles. The molecule has 1 aromatic rings. The molecule has 0 heterocycles. The topological polar surface area (TPSA) is 29.5 Å². The first-order valence-corrected chi connectivity index (χ1v) is 6.43. The van der Waals surface area contributed by atoms with Gasteiger partial charge in [0.1, 0.15) is 5.82 Å². The molecule has 0 spiro atoms. The number of ether oxygens (including phenoxy) is 1. The van der Waals surface area contributed by atoms with Crippen LogP contribution < -0.4 is 0 Å². The van der Waals surface area contributed by atoms with Gasteiger partial charge in [-0.15, -0.1) is 0 Å². The molecule has 1 rings (SSSR count). The van der Waals surface area contributed by atoms with E-state index in [1.54, 1.807) is 0 Å². The van der Waals surface area contributed by atoms with Crippen LogP contribution in [0.5, 0.6) is 0 Å². The van der Waals surface area contributed by atoms with Crippen LogP contribution in [0.4, 0.5) is 4.39 Å². The van der Waals surface area contributed by atoms with E-state index in [9.17, 15) is 9.18 Å². The third-order valence-corrected chi connectivity index (χ3v) is 3.02. The molecule has 0 aliphatic rings. The molecule has 0 saturated heterocycles. The van der Waals surface area contributed by atoms with Gasteiger partial charge in [0.15, 0.2) is 0 Å². The second kappa shape index (κ2) is 6.85. The Hall–Kier alpha value is -0.940. The van der Waals surface area contributed by atoms with Crippen molar-refractivity contribution in [2.24, 2.45) is 5.92 Å². The highest BCUT2D eigenvalue weighted by Gasteiger charge is 2.15. The van der Waals surface area contributed by atoms with E-state index < -0.39 is 0 Å². The molecule has 0 bridgehead atoms. The Labute approximate surface area is 115 Å². The van der Waals surface area contributed by atoms with Gasteiger partial charge in [0.2, 0.25) is 0 Å². The van der Waals surface area contributed by atoms with Crippen LogP contribution in [0.1, 0.15) is 12.5 Å². The van der Waals surface area contributed by atoms with Gasteiger partial charge in [-0.2, -0.15) is 0 Å². The highest BCUT2D eigenvalue weighted by atomic mass is 79.9. The zero-order chi connectivity index (χ0) is 13.7. The van der Waals surface area contributed by atoms with Gasteiger partial charge in [0.25, 0.3) is 0 Å². The van der Waals surface area contributed by atoms with Crippen LogP contribution in [0.15, 0.2) is 22.7 Å². The molecule has 0 aromatic heterocycles. The lowest BCUT2D eigenvalue weighted by atomic mass is 10.1. The Morgan fingerprint density at radius 2 is 2.17 bits per heavy atom. The summed E-state index contributed by atoms with van der Waals surface area (Å²) in [6, 6.07) is 4.77. The van der Waals surface area contributed by atoms with Gasteiger partial charge in [-0.25, -0.2) is 4.39 Å². The van der Waals surface area contributed by atoms with Crippen molar-refractivity contribution >= 4 is 21.9 Å². The minimum Gasteiger partial charge on any atom is -0.469 e. The van der Waals surface area contributed by atoms with E-state index in [1.165, 1.54) is 19.2 Å². The van der Waals surface area contributed by atoms with Crippen molar-refractivity contribution < 1.29 is 13.9 Å². The summed E-state index contributed by atoms with van der Waals surface area (Å²) in [7, 11) is 3.26. The van der Waals surface area contributed by atoms with Crippen LogP contribution in [0.3, 0.4) is 0 Å². The molecule has 0 saturated carbocycles. The fourth-order valence-electron chi connectivity index (χ4n) is 1.82. The molecule has 1 atom stereocenters. The van der Waals surface area contributed by atoms with Crippen molar-refractivity contribution in [3.8, 4) is 0 Å². The largest absolute Gasteiger partial charge is 0.469 e. The summed E-state index contributed by atoms with van der Waals surface area (Å²) in [5.74, 6) is -0.701. The Morgan fingerprint density at radius 3 is 2.72 bits per heavy atom. The number of carbonyl (C=O) groups excluding carboxylic acids is 1. The molecule has 0 amide bonds. The summed E-state index contributed by atoms with van der Waals surface area (Å²) in [5, 5.41) is 0. The average Bonchev–Trinajstić information content (AvgIpc) is 2.25. The quantitative estimate of drug-likeness (QED) is 0.782. The zero-order valence-corrected chi connectivity index (χ0v) is 12.3. The maximum absolute atomic E-state index is 13.2. The third-order valence-electron chi connectivity index (χ3n) is 2.56. The van der Waals surface area contributed by atoms with E-state index in [-0.39, 0.29) is 17.7 Å². The predicted octanol–water partition coefficient (Wildman–Crippen LogP) is 2.83. The fourth-order valence-corrected chi connectivity index (χ4v) is 2.33. The highest BCUT2D eigenvalue weighted by Crippen LogP contribution is 2.16. The minimum atomic E-state index is -0.270. The Bertz CT molecular complexity index is 405. The molecule has 18 heavy (non-hydrogen) atoms. The van der Waals surface area contributed by atoms with Gasteiger partial charge in [0, 0.05) is 17.6 Å². The van der Waals surface area contributed by atoms with Crippen molar-refractivity contribution in [1.82, 2.24) is 4.90 Å². The van der Waals surface area contributed by atoms with Crippen LogP contribution in [0, 0.1) is 11.7 Å². The number of methoxy groups -OCH3 is 1. The first-order valence-electron chi connectivity index (χ1n) is 5.63. The van der Waals surface area contributed by atoms with E-state index in [4.69, 9.17) is 0 Å². The van der Waals surface area contributed by atoms with Crippen LogP contribution >= 0.6 is 15.9 Å². The number of hydrogen-bond acceptors (Lipinski definition) is 3. The molecular formula is C13H17BrFNO2. The minimum absolute atomic E-state index is 0.197. The van der Waals surface area contributed by atoms with E-state index in [2.05, 4.69) is 20.7 Å². The van der Waals surface area contributed by atoms with Crippen LogP contribution in [0.2, 0.25) is 0 Å². The van der Waals surface area contributed by atoms with Crippen molar-refractivity contribution in [3.63, 3.8) is 0 Å². The Kier molecular flexibility index (Phi) is 5.75. The summed E-state index contributed by atoms with van der Waals surface area (Å²) in [6.07, 6.45) is 0. The number of hydrogen-bond donors (Lipinski definition) is 0. The van der Waals surface area contributed by atoms with Crippen LogP contribution in [-0.4, -0.2) is 31.6 Å². The second-order valence-electron chi connectivity index (χ2n) is 4.40. The van der Waals surface area contributed by atoms with Gasteiger partial charge in [-0.3, -0.25) is 4.79 Å². The smallest absolute Gasteiger partial charge is 0.309 e. The molecule has 100 valence electrons. The van der Waals surface area contributed by atoms with Crippen LogP contribution in [-0.2, 0) is 16.1 Å². The normalized spacial score (nSPS) is 12.6. The summed E-state index contributed by atoms with van der Waals surface area (Å²) < 4.78 is 18.6. The molecular weight excluding hydrogens is 301 g/mol. The molecule has 0 aliphatic carbocycles. The monoisotopic (exact) mass is 317 g/mol. The Morgan fingerprint density at radius 1 is 1.50 bits per heavy atom. The van der Waals surface area contributed by atoms with E-state index in [0.29, 0.717) is 17.6 Å². The van der Waals surface area contributed by atoms with Crippen molar-refractivity contribution in [1.29, 1.82) is 0 Å². The Balaban J connectivity index is 2.59.